The maximum absolute atomic E-state index is 11.1. The molecule has 0 spiro atoms. The van der Waals surface area contributed by atoms with Crippen LogP contribution in [-0.4, -0.2) is 10.8 Å². The molecular formula is C14H11BrN2O4. The Morgan fingerprint density at radius 1 is 1.29 bits per heavy atom. The Bertz CT molecular complexity index is 703. The number of non-ortho nitro benzene ring substituents is 1. The van der Waals surface area contributed by atoms with Crippen molar-refractivity contribution in [2.45, 2.75) is 6.61 Å². The first-order valence-electron chi connectivity index (χ1n) is 5.93. The number of nitrogens with two attached hydrogens (primary N) is 1. The fraction of sp³-hybridized carbons (Fsp3) is 0.0714. The topological polar surface area (TPSA) is 95.5 Å². The third kappa shape index (κ3) is 3.79. The number of hydrogen-bond donors (Lipinski definition) is 1. The summed E-state index contributed by atoms with van der Waals surface area (Å²) in [5.41, 5.74) is 6.27. The summed E-state index contributed by atoms with van der Waals surface area (Å²) in [6.07, 6.45) is 0. The summed E-state index contributed by atoms with van der Waals surface area (Å²) in [6.45, 7) is 0.168. The van der Waals surface area contributed by atoms with Gasteiger partial charge in [-0.15, -0.1) is 0 Å². The van der Waals surface area contributed by atoms with Crippen molar-refractivity contribution in [2.75, 3.05) is 0 Å². The van der Waals surface area contributed by atoms with Gasteiger partial charge in [0.05, 0.1) is 15.5 Å². The molecule has 2 N–H and O–H groups in total. The number of halogens is 1. The molecule has 0 aromatic heterocycles. The molecule has 0 saturated carbocycles. The molecular weight excluding hydrogens is 340 g/mol. The number of hydrogen-bond acceptors (Lipinski definition) is 4. The number of carbonyl (C=O) groups is 1. The molecule has 0 radical (unpaired) electrons. The molecule has 0 heterocycles. The van der Waals surface area contributed by atoms with E-state index in [1.165, 1.54) is 12.1 Å². The van der Waals surface area contributed by atoms with Gasteiger partial charge in [0.2, 0.25) is 5.91 Å². The SMILES string of the molecule is NC(=O)c1cccc(COc2cc([N+](=O)[O-])ccc2Br)c1. The summed E-state index contributed by atoms with van der Waals surface area (Å²) in [5, 5.41) is 10.7. The third-order valence-corrected chi connectivity index (χ3v) is 3.39. The van der Waals surface area contributed by atoms with Gasteiger partial charge in [0.15, 0.2) is 0 Å². The molecule has 0 aliphatic rings. The van der Waals surface area contributed by atoms with Gasteiger partial charge in [-0.25, -0.2) is 0 Å². The Labute approximate surface area is 128 Å². The molecule has 0 unspecified atom stereocenters. The summed E-state index contributed by atoms with van der Waals surface area (Å²) in [7, 11) is 0. The number of nitro groups is 1. The van der Waals surface area contributed by atoms with E-state index in [1.54, 1.807) is 30.3 Å². The zero-order chi connectivity index (χ0) is 15.4. The maximum atomic E-state index is 11.1. The molecule has 2 aromatic rings. The smallest absolute Gasteiger partial charge is 0.273 e. The van der Waals surface area contributed by atoms with Crippen LogP contribution in [0.2, 0.25) is 0 Å². The summed E-state index contributed by atoms with van der Waals surface area (Å²) in [4.78, 5) is 21.3. The average molecular weight is 351 g/mol. The van der Waals surface area contributed by atoms with E-state index >= 15 is 0 Å². The highest BCUT2D eigenvalue weighted by Gasteiger charge is 2.11. The third-order valence-electron chi connectivity index (χ3n) is 2.73. The number of ether oxygens (including phenoxy) is 1. The van der Waals surface area contributed by atoms with E-state index in [-0.39, 0.29) is 12.3 Å². The van der Waals surface area contributed by atoms with Crippen LogP contribution in [0.4, 0.5) is 5.69 Å². The Balaban J connectivity index is 2.16. The second-order valence-corrected chi connectivity index (χ2v) is 5.08. The molecule has 2 rings (SSSR count). The molecule has 21 heavy (non-hydrogen) atoms. The van der Waals surface area contributed by atoms with Crippen LogP contribution in [0.3, 0.4) is 0 Å². The van der Waals surface area contributed by atoms with E-state index in [2.05, 4.69) is 15.9 Å². The first-order valence-corrected chi connectivity index (χ1v) is 6.72. The first kappa shape index (κ1) is 15.0. The quantitative estimate of drug-likeness (QED) is 0.662. The van der Waals surface area contributed by atoms with E-state index in [4.69, 9.17) is 10.5 Å². The minimum atomic E-state index is -0.520. The van der Waals surface area contributed by atoms with Gasteiger partial charge in [0.1, 0.15) is 12.4 Å². The second kappa shape index (κ2) is 6.36. The Hall–Kier alpha value is -2.41. The normalized spacial score (nSPS) is 10.1. The number of nitrogens with zero attached hydrogens (tertiary/aromatic N) is 1. The van der Waals surface area contributed by atoms with Gasteiger partial charge in [-0.2, -0.15) is 0 Å². The van der Waals surface area contributed by atoms with Crippen molar-refractivity contribution in [3.8, 4) is 5.75 Å². The van der Waals surface area contributed by atoms with Crippen LogP contribution < -0.4 is 10.5 Å². The molecule has 0 bridgehead atoms. The van der Waals surface area contributed by atoms with Crippen LogP contribution in [-0.2, 0) is 6.61 Å². The minimum absolute atomic E-state index is 0.0564. The van der Waals surface area contributed by atoms with Crippen molar-refractivity contribution in [3.63, 3.8) is 0 Å². The number of primary amides is 1. The molecule has 6 nitrogen and oxygen atoms in total. The zero-order valence-electron chi connectivity index (χ0n) is 10.8. The predicted octanol–water partition coefficient (Wildman–Crippen LogP) is 3.04. The second-order valence-electron chi connectivity index (χ2n) is 4.23. The van der Waals surface area contributed by atoms with Crippen molar-refractivity contribution in [1.29, 1.82) is 0 Å². The summed E-state index contributed by atoms with van der Waals surface area (Å²) >= 11 is 3.27. The molecule has 1 amide bonds. The number of benzene rings is 2. The van der Waals surface area contributed by atoms with Gasteiger partial charge in [0.25, 0.3) is 5.69 Å². The lowest BCUT2D eigenvalue weighted by molar-refractivity contribution is -0.385. The monoisotopic (exact) mass is 350 g/mol. The molecule has 0 aliphatic heterocycles. The van der Waals surface area contributed by atoms with Gasteiger partial charge in [-0.3, -0.25) is 14.9 Å². The van der Waals surface area contributed by atoms with E-state index in [0.29, 0.717) is 15.8 Å². The van der Waals surface area contributed by atoms with Gasteiger partial charge in [-0.1, -0.05) is 12.1 Å². The summed E-state index contributed by atoms with van der Waals surface area (Å²) in [6, 6.07) is 11.0. The first-order chi connectivity index (χ1) is 9.97. The van der Waals surface area contributed by atoms with Gasteiger partial charge in [0, 0.05) is 11.6 Å². The van der Waals surface area contributed by atoms with Crippen molar-refractivity contribution in [1.82, 2.24) is 0 Å². The lowest BCUT2D eigenvalue weighted by Gasteiger charge is -2.08. The molecule has 0 aliphatic carbocycles. The Morgan fingerprint density at radius 2 is 2.05 bits per heavy atom. The lowest BCUT2D eigenvalue weighted by Crippen LogP contribution is -2.11. The van der Waals surface area contributed by atoms with Crippen LogP contribution in [0.5, 0.6) is 5.75 Å². The summed E-state index contributed by atoms with van der Waals surface area (Å²) in [5.74, 6) is -0.165. The standard InChI is InChI=1S/C14H11BrN2O4/c15-12-5-4-11(17(19)20)7-13(12)21-8-9-2-1-3-10(6-9)14(16)18/h1-7H,8H2,(H2,16,18). The number of nitro benzene ring substituents is 1. The highest BCUT2D eigenvalue weighted by molar-refractivity contribution is 9.10. The fourth-order valence-electron chi connectivity index (χ4n) is 1.69. The Kier molecular flexibility index (Phi) is 4.54. The number of rotatable bonds is 5. The highest BCUT2D eigenvalue weighted by Crippen LogP contribution is 2.29. The van der Waals surface area contributed by atoms with E-state index in [0.717, 1.165) is 5.56 Å². The van der Waals surface area contributed by atoms with E-state index in [1.807, 2.05) is 0 Å². The average Bonchev–Trinajstić information content (AvgIpc) is 2.46. The molecule has 108 valence electrons. The van der Waals surface area contributed by atoms with E-state index in [9.17, 15) is 14.9 Å². The summed E-state index contributed by atoms with van der Waals surface area (Å²) < 4.78 is 6.16. The van der Waals surface area contributed by atoms with Crippen LogP contribution >= 0.6 is 15.9 Å². The van der Waals surface area contributed by atoms with Gasteiger partial charge >= 0.3 is 0 Å². The molecule has 0 fully saturated rings. The van der Waals surface area contributed by atoms with E-state index < -0.39 is 10.8 Å². The van der Waals surface area contributed by atoms with Crippen molar-refractivity contribution < 1.29 is 14.5 Å². The molecule has 7 heteroatoms. The minimum Gasteiger partial charge on any atom is -0.487 e. The fourth-order valence-corrected chi connectivity index (χ4v) is 2.05. The van der Waals surface area contributed by atoms with Crippen LogP contribution in [0.1, 0.15) is 15.9 Å². The molecule has 0 atom stereocenters. The van der Waals surface area contributed by atoms with Crippen LogP contribution in [0.25, 0.3) is 0 Å². The highest BCUT2D eigenvalue weighted by atomic mass is 79.9. The lowest BCUT2D eigenvalue weighted by atomic mass is 10.1. The van der Waals surface area contributed by atoms with Gasteiger partial charge in [-0.05, 0) is 39.7 Å². The number of carbonyl (C=O) groups excluding carboxylic acids is 1. The van der Waals surface area contributed by atoms with Crippen LogP contribution in [0, 0.1) is 10.1 Å². The Morgan fingerprint density at radius 3 is 2.71 bits per heavy atom. The predicted molar refractivity (Wildman–Crippen MR) is 80.1 cm³/mol. The number of amides is 1. The molecule has 2 aromatic carbocycles. The molecule has 0 saturated heterocycles. The largest absolute Gasteiger partial charge is 0.487 e. The van der Waals surface area contributed by atoms with Gasteiger partial charge < -0.3 is 10.5 Å². The van der Waals surface area contributed by atoms with Crippen molar-refractivity contribution in [3.05, 3.63) is 68.2 Å². The van der Waals surface area contributed by atoms with Crippen molar-refractivity contribution in [2.24, 2.45) is 5.73 Å². The van der Waals surface area contributed by atoms with Crippen LogP contribution in [0.15, 0.2) is 46.9 Å². The maximum Gasteiger partial charge on any atom is 0.273 e. The van der Waals surface area contributed by atoms with Crippen molar-refractivity contribution >= 4 is 27.5 Å². The zero-order valence-corrected chi connectivity index (χ0v) is 12.4.